The molecular weight excluding hydrogens is 316 g/mol. The molecule has 1 aromatic rings. The van der Waals surface area contributed by atoms with Crippen molar-refractivity contribution in [3.8, 4) is 5.75 Å². The fraction of sp³-hybridized carbons (Fsp3) is 0.364. The van der Waals surface area contributed by atoms with Gasteiger partial charge in [-0.25, -0.2) is 4.79 Å². The van der Waals surface area contributed by atoms with Gasteiger partial charge >= 0.3 is 18.6 Å². The van der Waals surface area contributed by atoms with Crippen LogP contribution < -0.4 is 9.64 Å². The first-order chi connectivity index (χ1) is 10.2. The van der Waals surface area contributed by atoms with E-state index in [9.17, 15) is 32.5 Å². The molecule has 0 N–H and O–H groups in total. The van der Waals surface area contributed by atoms with E-state index in [1.165, 1.54) is 0 Å². The number of nitro groups is 1. The van der Waals surface area contributed by atoms with E-state index in [1.807, 2.05) is 0 Å². The van der Waals surface area contributed by atoms with Crippen molar-refractivity contribution in [2.45, 2.75) is 12.5 Å². The predicted molar refractivity (Wildman–Crippen MR) is 63.4 cm³/mol. The summed E-state index contributed by atoms with van der Waals surface area (Å²) in [5, 5.41) is 11.0. The number of hydrogen-bond donors (Lipinski definition) is 0. The second-order valence-corrected chi connectivity index (χ2v) is 4.14. The molecule has 2 rings (SSSR count). The number of benzene rings is 1. The highest BCUT2D eigenvalue weighted by Crippen LogP contribution is 2.36. The molecule has 0 aliphatic carbocycles. The van der Waals surface area contributed by atoms with Crippen LogP contribution in [0.2, 0.25) is 0 Å². The molecule has 1 aromatic carbocycles. The zero-order valence-corrected chi connectivity index (χ0v) is 10.7. The average molecular weight is 324 g/mol. The third-order valence-electron chi connectivity index (χ3n) is 2.70. The van der Waals surface area contributed by atoms with Gasteiger partial charge in [0.05, 0.1) is 17.5 Å². The highest BCUT2D eigenvalue weighted by atomic mass is 19.3. The largest absolute Gasteiger partial charge is 0.461 e. The molecule has 11 heteroatoms. The van der Waals surface area contributed by atoms with Crippen molar-refractivity contribution in [1.82, 2.24) is 0 Å². The van der Waals surface area contributed by atoms with E-state index in [0.29, 0.717) is 6.07 Å². The Kier molecular flexibility index (Phi) is 4.06. The van der Waals surface area contributed by atoms with Crippen molar-refractivity contribution in [3.63, 3.8) is 0 Å². The Morgan fingerprint density at radius 3 is 2.59 bits per heavy atom. The Bertz CT molecular complexity index is 610. The van der Waals surface area contributed by atoms with E-state index in [1.54, 1.807) is 0 Å². The van der Waals surface area contributed by atoms with Crippen molar-refractivity contribution in [3.05, 3.63) is 28.3 Å². The van der Waals surface area contributed by atoms with Gasteiger partial charge in [0.25, 0.3) is 5.69 Å². The molecule has 1 saturated heterocycles. The minimum Gasteiger partial charge on any atom is -0.447 e. The number of hydrogen-bond acceptors (Lipinski definition) is 5. The maximum Gasteiger partial charge on any atom is 0.461 e. The van der Waals surface area contributed by atoms with Gasteiger partial charge in [-0.3, -0.25) is 15.0 Å². The molecule has 0 bridgehead atoms. The van der Waals surface area contributed by atoms with Crippen LogP contribution in [0.4, 0.5) is 33.7 Å². The SMILES string of the molecule is O=C1OCCN1c1ccc(OC(F)(F)C(F)F)cc1[N+](=O)[O-]. The topological polar surface area (TPSA) is 81.9 Å². The van der Waals surface area contributed by atoms with E-state index in [0.717, 1.165) is 17.0 Å². The molecule has 0 radical (unpaired) electrons. The van der Waals surface area contributed by atoms with Gasteiger partial charge in [0, 0.05) is 0 Å². The highest BCUT2D eigenvalue weighted by molar-refractivity contribution is 5.92. The molecule has 0 atom stereocenters. The normalized spacial score (nSPS) is 15.1. The smallest absolute Gasteiger partial charge is 0.447 e. The molecule has 0 unspecified atom stereocenters. The molecule has 120 valence electrons. The second-order valence-electron chi connectivity index (χ2n) is 4.14. The first kappa shape index (κ1) is 15.8. The summed E-state index contributed by atoms with van der Waals surface area (Å²) < 4.78 is 58.1. The number of nitrogens with zero attached hydrogens (tertiary/aromatic N) is 2. The lowest BCUT2D eigenvalue weighted by Crippen LogP contribution is -2.33. The van der Waals surface area contributed by atoms with Gasteiger partial charge in [0.2, 0.25) is 0 Å². The van der Waals surface area contributed by atoms with Crippen LogP contribution in [0.3, 0.4) is 0 Å². The molecule has 1 amide bonds. The van der Waals surface area contributed by atoms with Gasteiger partial charge in [-0.15, -0.1) is 0 Å². The maximum absolute atomic E-state index is 12.8. The molecule has 1 heterocycles. The Balaban J connectivity index is 2.35. The summed E-state index contributed by atoms with van der Waals surface area (Å²) in [4.78, 5) is 22.3. The minimum absolute atomic E-state index is 0.0116. The summed E-state index contributed by atoms with van der Waals surface area (Å²) >= 11 is 0. The van der Waals surface area contributed by atoms with Crippen LogP contribution in [0.1, 0.15) is 0 Å². The number of rotatable bonds is 5. The Hall–Kier alpha value is -2.59. The lowest BCUT2D eigenvalue weighted by molar-refractivity contribution is -0.384. The minimum atomic E-state index is -4.79. The van der Waals surface area contributed by atoms with Gasteiger partial charge in [0.1, 0.15) is 18.0 Å². The number of ether oxygens (including phenoxy) is 2. The fourth-order valence-electron chi connectivity index (χ4n) is 1.76. The molecule has 1 aliphatic heterocycles. The average Bonchev–Trinajstić information content (AvgIpc) is 2.84. The molecule has 7 nitrogen and oxygen atoms in total. The van der Waals surface area contributed by atoms with Crippen LogP contribution in [-0.4, -0.2) is 36.7 Å². The summed E-state index contributed by atoms with van der Waals surface area (Å²) in [6.07, 6.45) is -9.73. The van der Waals surface area contributed by atoms with E-state index >= 15 is 0 Å². The van der Waals surface area contributed by atoms with Gasteiger partial charge in [0.15, 0.2) is 0 Å². The lowest BCUT2D eigenvalue weighted by atomic mass is 10.2. The van der Waals surface area contributed by atoms with Crippen molar-refractivity contribution in [2.24, 2.45) is 0 Å². The number of carbonyl (C=O) groups is 1. The maximum atomic E-state index is 12.8. The van der Waals surface area contributed by atoms with Crippen LogP contribution in [0.15, 0.2) is 18.2 Å². The van der Waals surface area contributed by atoms with Gasteiger partial charge in [-0.05, 0) is 12.1 Å². The molecule has 0 saturated carbocycles. The van der Waals surface area contributed by atoms with Crippen LogP contribution in [0, 0.1) is 10.1 Å². The number of carbonyl (C=O) groups excluding carboxylic acids is 1. The quantitative estimate of drug-likeness (QED) is 0.472. The van der Waals surface area contributed by atoms with Crippen LogP contribution >= 0.6 is 0 Å². The van der Waals surface area contributed by atoms with Crippen LogP contribution in [0.25, 0.3) is 0 Å². The number of halogens is 4. The number of nitro benzene ring substituents is 1. The monoisotopic (exact) mass is 324 g/mol. The van der Waals surface area contributed by atoms with Gasteiger partial charge < -0.3 is 9.47 Å². The molecule has 0 aromatic heterocycles. The number of alkyl halides is 4. The molecule has 22 heavy (non-hydrogen) atoms. The van der Waals surface area contributed by atoms with E-state index in [2.05, 4.69) is 9.47 Å². The molecule has 0 spiro atoms. The van der Waals surface area contributed by atoms with Crippen LogP contribution in [-0.2, 0) is 4.74 Å². The van der Waals surface area contributed by atoms with Crippen molar-refractivity contribution >= 4 is 17.5 Å². The Morgan fingerprint density at radius 1 is 1.41 bits per heavy atom. The standard InChI is InChI=1S/C11H8F4N2O5/c12-9(13)11(14,15)22-6-1-2-7(8(5-6)17(19)20)16-3-4-21-10(16)18/h1-2,5,9H,3-4H2. The third-order valence-corrected chi connectivity index (χ3v) is 2.70. The van der Waals surface area contributed by atoms with Crippen molar-refractivity contribution in [1.29, 1.82) is 0 Å². The van der Waals surface area contributed by atoms with Crippen molar-refractivity contribution in [2.75, 3.05) is 18.1 Å². The number of cyclic esters (lactones) is 1. The second kappa shape index (κ2) is 5.66. The van der Waals surface area contributed by atoms with Gasteiger partial charge in [-0.2, -0.15) is 17.6 Å². The Morgan fingerprint density at radius 2 is 2.09 bits per heavy atom. The number of amides is 1. The van der Waals surface area contributed by atoms with E-state index in [-0.39, 0.29) is 18.8 Å². The summed E-state index contributed by atoms with van der Waals surface area (Å²) in [5.74, 6) is -0.826. The van der Waals surface area contributed by atoms with Gasteiger partial charge in [-0.1, -0.05) is 0 Å². The zero-order valence-electron chi connectivity index (χ0n) is 10.7. The summed E-state index contributed by atoms with van der Waals surface area (Å²) in [6, 6.07) is 2.31. The lowest BCUT2D eigenvalue weighted by Gasteiger charge is -2.18. The number of anilines is 1. The first-order valence-corrected chi connectivity index (χ1v) is 5.80. The first-order valence-electron chi connectivity index (χ1n) is 5.80. The zero-order chi connectivity index (χ0) is 16.5. The molecule has 1 fully saturated rings. The summed E-state index contributed by atoms with van der Waals surface area (Å²) in [7, 11) is 0. The molecule has 1 aliphatic rings. The Labute approximate surface area is 120 Å². The summed E-state index contributed by atoms with van der Waals surface area (Å²) in [5.41, 5.74) is -0.957. The third kappa shape index (κ3) is 3.02. The van der Waals surface area contributed by atoms with Crippen molar-refractivity contribution < 1.29 is 36.8 Å². The van der Waals surface area contributed by atoms with E-state index < -0.39 is 35.0 Å². The highest BCUT2D eigenvalue weighted by Gasteiger charge is 2.44. The predicted octanol–water partition coefficient (Wildman–Crippen LogP) is 2.79. The summed E-state index contributed by atoms with van der Waals surface area (Å²) in [6.45, 7) is 0.0464. The fourth-order valence-corrected chi connectivity index (χ4v) is 1.76. The van der Waals surface area contributed by atoms with Crippen LogP contribution in [0.5, 0.6) is 5.75 Å². The molecular formula is C11H8F4N2O5. The van der Waals surface area contributed by atoms with E-state index in [4.69, 9.17) is 0 Å².